The second-order valence-corrected chi connectivity index (χ2v) is 3.69. The summed E-state index contributed by atoms with van der Waals surface area (Å²) in [6, 6.07) is 3.66. The van der Waals surface area contributed by atoms with E-state index in [0.717, 1.165) is 25.3 Å². The molecule has 18 heavy (non-hydrogen) atoms. The number of aryl methyl sites for hydroxylation is 1. The second-order valence-electron chi connectivity index (χ2n) is 3.69. The van der Waals surface area contributed by atoms with Gasteiger partial charge in [0.2, 0.25) is 0 Å². The molecule has 0 fully saturated rings. The number of nitrogens with one attached hydrogen (secondary N) is 1. The Morgan fingerprint density at radius 3 is 3.11 bits per heavy atom. The highest BCUT2D eigenvalue weighted by Gasteiger charge is 1.99. The van der Waals surface area contributed by atoms with Crippen LogP contribution in [-0.2, 0) is 6.54 Å². The quantitative estimate of drug-likeness (QED) is 0.611. The first-order valence-corrected chi connectivity index (χ1v) is 5.55. The summed E-state index contributed by atoms with van der Waals surface area (Å²) >= 11 is 0. The zero-order valence-electron chi connectivity index (χ0n) is 9.51. The highest BCUT2D eigenvalue weighted by Crippen LogP contribution is 2.03. The van der Waals surface area contributed by atoms with Crippen molar-refractivity contribution in [2.45, 2.75) is 13.0 Å². The minimum absolute atomic E-state index is 0.628. The molecule has 0 unspecified atom stereocenters. The first kappa shape index (κ1) is 10.6. The van der Waals surface area contributed by atoms with Gasteiger partial charge in [-0.1, -0.05) is 5.21 Å². The van der Waals surface area contributed by atoms with Crippen molar-refractivity contribution < 1.29 is 0 Å². The van der Waals surface area contributed by atoms with E-state index in [1.807, 2.05) is 18.3 Å². The molecule has 0 bridgehead atoms. The number of tetrazole rings is 1. The molecule has 0 aliphatic heterocycles. The van der Waals surface area contributed by atoms with Crippen molar-refractivity contribution in [1.29, 1.82) is 0 Å². The topological polar surface area (TPSA) is 98.7 Å². The zero-order chi connectivity index (χ0) is 12.2. The van der Waals surface area contributed by atoms with E-state index in [9.17, 15) is 0 Å². The molecule has 3 aromatic rings. The average molecular weight is 245 g/mol. The summed E-state index contributed by atoms with van der Waals surface area (Å²) in [6.07, 6.45) is 4.44. The molecule has 0 amide bonds. The van der Waals surface area contributed by atoms with Gasteiger partial charge in [0.25, 0.3) is 0 Å². The van der Waals surface area contributed by atoms with E-state index in [0.29, 0.717) is 5.65 Å². The maximum Gasteiger partial charge on any atom is 0.200 e. The van der Waals surface area contributed by atoms with Crippen LogP contribution < -0.4 is 5.32 Å². The predicted octanol–water partition coefficient (Wildman–Crippen LogP) is -0.387. The summed E-state index contributed by atoms with van der Waals surface area (Å²) in [5.41, 5.74) is 0.628. The Balaban J connectivity index is 1.53. The summed E-state index contributed by atoms with van der Waals surface area (Å²) in [5, 5.41) is 26.1. The number of aromatic nitrogens is 8. The normalized spacial score (nSPS) is 10.9. The zero-order valence-corrected chi connectivity index (χ0v) is 9.51. The maximum absolute atomic E-state index is 4.20. The van der Waals surface area contributed by atoms with Gasteiger partial charge in [-0.05, 0) is 29.0 Å². The Morgan fingerprint density at radius 2 is 2.22 bits per heavy atom. The Labute approximate surface area is 102 Å². The van der Waals surface area contributed by atoms with E-state index in [4.69, 9.17) is 0 Å². The molecule has 1 N–H and O–H groups in total. The van der Waals surface area contributed by atoms with Crippen LogP contribution in [-0.4, -0.2) is 46.8 Å². The third-order valence-electron chi connectivity index (χ3n) is 2.41. The number of rotatable bonds is 5. The van der Waals surface area contributed by atoms with Crippen molar-refractivity contribution in [2.24, 2.45) is 0 Å². The van der Waals surface area contributed by atoms with Gasteiger partial charge in [-0.3, -0.25) is 4.68 Å². The van der Waals surface area contributed by atoms with E-state index in [2.05, 4.69) is 36.3 Å². The Kier molecular flexibility index (Phi) is 2.78. The lowest BCUT2D eigenvalue weighted by molar-refractivity contribution is 0.569. The summed E-state index contributed by atoms with van der Waals surface area (Å²) in [5.74, 6) is 0.744. The van der Waals surface area contributed by atoms with Crippen molar-refractivity contribution in [3.8, 4) is 0 Å². The summed E-state index contributed by atoms with van der Waals surface area (Å²) in [7, 11) is 0. The minimum atomic E-state index is 0.628. The number of anilines is 1. The van der Waals surface area contributed by atoms with Crippen molar-refractivity contribution in [3.63, 3.8) is 0 Å². The third kappa shape index (κ3) is 2.24. The molecule has 0 aliphatic rings. The van der Waals surface area contributed by atoms with E-state index in [-0.39, 0.29) is 0 Å². The lowest BCUT2D eigenvalue weighted by atomic mass is 10.4. The molecule has 3 aromatic heterocycles. The number of hydrogen-bond acceptors (Lipinski definition) is 7. The molecule has 9 nitrogen and oxygen atoms in total. The molecule has 0 atom stereocenters. The van der Waals surface area contributed by atoms with Gasteiger partial charge in [0.1, 0.15) is 5.82 Å². The molecular weight excluding hydrogens is 234 g/mol. The van der Waals surface area contributed by atoms with Gasteiger partial charge in [0.05, 0.1) is 6.20 Å². The van der Waals surface area contributed by atoms with Gasteiger partial charge in [0, 0.05) is 19.3 Å². The molecule has 0 radical (unpaired) electrons. The molecule has 3 rings (SSSR count). The SMILES string of the molecule is c1cn(CCCNc2ccc3nnnn3n2)nn1. The molecule has 3 heterocycles. The van der Waals surface area contributed by atoms with Crippen LogP contribution in [0.3, 0.4) is 0 Å². The second kappa shape index (κ2) is 4.73. The fourth-order valence-corrected chi connectivity index (χ4v) is 1.55. The smallest absolute Gasteiger partial charge is 0.200 e. The van der Waals surface area contributed by atoms with E-state index in [1.54, 1.807) is 10.9 Å². The van der Waals surface area contributed by atoms with Crippen molar-refractivity contribution >= 4 is 11.5 Å². The molecule has 0 saturated carbocycles. The van der Waals surface area contributed by atoms with Crippen molar-refractivity contribution in [1.82, 2.24) is 40.2 Å². The van der Waals surface area contributed by atoms with Crippen LogP contribution in [0.1, 0.15) is 6.42 Å². The van der Waals surface area contributed by atoms with Gasteiger partial charge >= 0.3 is 0 Å². The molecular formula is C9H11N9. The fourth-order valence-electron chi connectivity index (χ4n) is 1.55. The summed E-state index contributed by atoms with van der Waals surface area (Å²) in [6.45, 7) is 1.61. The van der Waals surface area contributed by atoms with E-state index >= 15 is 0 Å². The van der Waals surface area contributed by atoms with Gasteiger partial charge in [0.15, 0.2) is 5.65 Å². The summed E-state index contributed by atoms with van der Waals surface area (Å²) in [4.78, 5) is 0. The monoisotopic (exact) mass is 245 g/mol. The molecule has 0 aromatic carbocycles. The van der Waals surface area contributed by atoms with Gasteiger partial charge in [-0.15, -0.1) is 19.9 Å². The van der Waals surface area contributed by atoms with Gasteiger partial charge in [-0.2, -0.15) is 0 Å². The fraction of sp³-hybridized carbons (Fsp3) is 0.333. The van der Waals surface area contributed by atoms with Crippen LogP contribution in [0.4, 0.5) is 5.82 Å². The highest BCUT2D eigenvalue weighted by atomic mass is 15.6. The van der Waals surface area contributed by atoms with Crippen LogP contribution in [0.25, 0.3) is 5.65 Å². The first-order valence-electron chi connectivity index (χ1n) is 5.55. The Morgan fingerprint density at radius 1 is 1.22 bits per heavy atom. The number of hydrogen-bond donors (Lipinski definition) is 1. The van der Waals surface area contributed by atoms with Crippen molar-refractivity contribution in [2.75, 3.05) is 11.9 Å². The lowest BCUT2D eigenvalue weighted by Crippen LogP contribution is -2.09. The third-order valence-corrected chi connectivity index (χ3v) is 2.41. The van der Waals surface area contributed by atoms with Crippen LogP contribution in [0.2, 0.25) is 0 Å². The molecule has 0 spiro atoms. The Bertz CT molecular complexity index is 614. The Hall–Kier alpha value is -2.58. The number of fused-ring (bicyclic) bond motifs is 1. The standard InChI is InChI=1S/C9H11N9/c1(6-17-7-5-11-15-17)4-10-8-2-3-9-12-14-16-18(9)13-8/h2-3,5,7H,1,4,6H2,(H,10,13). The van der Waals surface area contributed by atoms with Gasteiger partial charge < -0.3 is 5.32 Å². The summed E-state index contributed by atoms with van der Waals surface area (Å²) < 4.78 is 3.18. The predicted molar refractivity (Wildman–Crippen MR) is 61.7 cm³/mol. The molecule has 0 saturated heterocycles. The van der Waals surface area contributed by atoms with Crippen molar-refractivity contribution in [3.05, 3.63) is 24.5 Å². The average Bonchev–Trinajstić information content (AvgIpc) is 3.05. The molecule has 92 valence electrons. The highest BCUT2D eigenvalue weighted by molar-refractivity contribution is 5.41. The maximum atomic E-state index is 4.20. The van der Waals surface area contributed by atoms with Crippen LogP contribution in [0.5, 0.6) is 0 Å². The minimum Gasteiger partial charge on any atom is -0.369 e. The van der Waals surface area contributed by atoms with Gasteiger partial charge in [-0.25, -0.2) is 0 Å². The van der Waals surface area contributed by atoms with Crippen LogP contribution >= 0.6 is 0 Å². The molecule has 9 heteroatoms. The first-order chi connectivity index (χ1) is 8.92. The largest absolute Gasteiger partial charge is 0.369 e. The number of nitrogens with zero attached hydrogens (tertiary/aromatic N) is 8. The lowest BCUT2D eigenvalue weighted by Gasteiger charge is -2.04. The molecule has 0 aliphatic carbocycles. The van der Waals surface area contributed by atoms with Crippen LogP contribution in [0, 0.1) is 0 Å². The van der Waals surface area contributed by atoms with E-state index < -0.39 is 0 Å². The van der Waals surface area contributed by atoms with Crippen LogP contribution in [0.15, 0.2) is 24.5 Å². The van der Waals surface area contributed by atoms with E-state index in [1.165, 1.54) is 4.63 Å².